The second-order valence-electron chi connectivity index (χ2n) is 9.31. The number of hydrogen-bond acceptors (Lipinski definition) is 1. The molecule has 0 unspecified atom stereocenters. The van der Waals surface area contributed by atoms with Gasteiger partial charge in [-0.25, -0.2) is 4.39 Å². The van der Waals surface area contributed by atoms with E-state index in [0.717, 1.165) is 23.1 Å². The highest BCUT2D eigenvalue weighted by atomic mass is 19.1. The normalized spacial score (nSPS) is 18.6. The van der Waals surface area contributed by atoms with Crippen molar-refractivity contribution >= 4 is 0 Å². The predicted octanol–water partition coefficient (Wildman–Crippen LogP) is 8.14. The van der Waals surface area contributed by atoms with Crippen LogP contribution in [-0.4, -0.2) is 13.1 Å². The van der Waals surface area contributed by atoms with Crippen molar-refractivity contribution in [2.45, 2.75) is 70.3 Å². The molecule has 0 heterocycles. The van der Waals surface area contributed by atoms with Crippen molar-refractivity contribution in [1.29, 1.82) is 0 Å². The second kappa shape index (κ2) is 10.9. The molecule has 4 rings (SSSR count). The van der Waals surface area contributed by atoms with Gasteiger partial charge in [-0.05, 0) is 85.4 Å². The third-order valence-electron chi connectivity index (χ3n) is 7.15. The summed E-state index contributed by atoms with van der Waals surface area (Å²) in [6.45, 7) is 2.23. The number of aryl methyl sites for hydroxylation is 1. The van der Waals surface area contributed by atoms with Gasteiger partial charge >= 0.3 is 0 Å². The number of rotatable bonds is 8. The topological polar surface area (TPSA) is 12.0 Å². The van der Waals surface area contributed by atoms with E-state index in [4.69, 9.17) is 0 Å². The Bertz CT molecular complexity index is 982. The Balaban J connectivity index is 1.44. The van der Waals surface area contributed by atoms with Gasteiger partial charge in [-0.2, -0.15) is 0 Å². The van der Waals surface area contributed by atoms with Crippen LogP contribution < -0.4 is 5.32 Å². The quantitative estimate of drug-likeness (QED) is 0.356. The van der Waals surface area contributed by atoms with Gasteiger partial charge in [-0.15, -0.1) is 0 Å². The minimum Gasteiger partial charge on any atom is -0.317 e. The first kappa shape index (κ1) is 22.7. The Kier molecular flexibility index (Phi) is 7.76. The van der Waals surface area contributed by atoms with Gasteiger partial charge in [-0.3, -0.25) is 0 Å². The van der Waals surface area contributed by atoms with Gasteiger partial charge in [-0.1, -0.05) is 80.4 Å². The van der Waals surface area contributed by atoms with E-state index in [9.17, 15) is 0 Å². The molecule has 0 atom stereocenters. The van der Waals surface area contributed by atoms with E-state index in [1.54, 1.807) is 6.07 Å². The van der Waals surface area contributed by atoms with Crippen LogP contribution in [0.25, 0.3) is 22.3 Å². The molecule has 0 spiro atoms. The van der Waals surface area contributed by atoms with Gasteiger partial charge in [0.1, 0.15) is 5.82 Å². The zero-order valence-electron chi connectivity index (χ0n) is 19.5. The van der Waals surface area contributed by atoms with E-state index in [1.165, 1.54) is 56.1 Å². The van der Waals surface area contributed by atoms with Crippen molar-refractivity contribution in [3.05, 3.63) is 83.7 Å². The third-order valence-corrected chi connectivity index (χ3v) is 7.15. The average Bonchev–Trinajstić information content (AvgIpc) is 2.85. The molecule has 3 aromatic rings. The van der Waals surface area contributed by atoms with Gasteiger partial charge in [0.25, 0.3) is 0 Å². The zero-order valence-corrected chi connectivity index (χ0v) is 19.5. The molecule has 0 amide bonds. The van der Waals surface area contributed by atoms with E-state index in [0.29, 0.717) is 17.5 Å². The Morgan fingerprint density at radius 1 is 0.781 bits per heavy atom. The Labute approximate surface area is 193 Å². The Morgan fingerprint density at radius 3 is 2.06 bits per heavy atom. The van der Waals surface area contributed by atoms with Gasteiger partial charge < -0.3 is 5.32 Å². The maximum Gasteiger partial charge on any atom is 0.131 e. The lowest BCUT2D eigenvalue weighted by atomic mass is 9.81. The van der Waals surface area contributed by atoms with E-state index < -0.39 is 0 Å². The summed E-state index contributed by atoms with van der Waals surface area (Å²) in [6, 6.07) is 23.5. The molecule has 0 saturated heterocycles. The highest BCUT2D eigenvalue weighted by Crippen LogP contribution is 2.34. The summed E-state index contributed by atoms with van der Waals surface area (Å²) in [5.41, 5.74) is 6.38. The molecule has 1 aliphatic rings. The van der Waals surface area contributed by atoms with Crippen molar-refractivity contribution in [2.24, 2.45) is 0 Å². The summed E-state index contributed by atoms with van der Waals surface area (Å²) < 4.78 is 15.0. The molecular weight excluding hydrogens is 393 g/mol. The summed E-state index contributed by atoms with van der Waals surface area (Å²) in [5.74, 6) is 0.475. The summed E-state index contributed by atoms with van der Waals surface area (Å²) in [6.07, 6.45) is 9.79. The van der Waals surface area contributed by atoms with Crippen LogP contribution in [0.3, 0.4) is 0 Å². The Morgan fingerprint density at radius 2 is 1.44 bits per heavy atom. The lowest BCUT2D eigenvalue weighted by Gasteiger charge is -2.28. The van der Waals surface area contributed by atoms with Gasteiger partial charge in [0.2, 0.25) is 0 Å². The molecule has 1 N–H and O–H groups in total. The number of unbranched alkanes of at least 4 members (excludes halogenated alkanes) is 2. The molecule has 0 aromatic heterocycles. The van der Waals surface area contributed by atoms with Crippen LogP contribution in [0.2, 0.25) is 0 Å². The lowest BCUT2D eigenvalue weighted by Crippen LogP contribution is -2.29. The zero-order chi connectivity index (χ0) is 22.3. The maximum absolute atomic E-state index is 15.0. The summed E-state index contributed by atoms with van der Waals surface area (Å²) in [7, 11) is 2.06. The van der Waals surface area contributed by atoms with E-state index in [1.807, 2.05) is 12.1 Å². The second-order valence-corrected chi connectivity index (χ2v) is 9.31. The van der Waals surface area contributed by atoms with Gasteiger partial charge in [0.15, 0.2) is 0 Å². The van der Waals surface area contributed by atoms with Crippen molar-refractivity contribution in [1.82, 2.24) is 5.32 Å². The van der Waals surface area contributed by atoms with Crippen molar-refractivity contribution < 1.29 is 4.39 Å². The largest absolute Gasteiger partial charge is 0.317 e. The highest BCUT2D eigenvalue weighted by Gasteiger charge is 2.21. The molecule has 32 heavy (non-hydrogen) atoms. The van der Waals surface area contributed by atoms with Gasteiger partial charge in [0, 0.05) is 11.6 Å². The van der Waals surface area contributed by atoms with Crippen LogP contribution >= 0.6 is 0 Å². The first-order chi connectivity index (χ1) is 15.7. The molecular formula is C30H36FN. The van der Waals surface area contributed by atoms with Crippen LogP contribution in [0.5, 0.6) is 0 Å². The molecule has 1 fully saturated rings. The average molecular weight is 430 g/mol. The fraction of sp³-hybridized carbons (Fsp3) is 0.400. The predicted molar refractivity (Wildman–Crippen MR) is 135 cm³/mol. The molecule has 0 bridgehead atoms. The number of nitrogens with one attached hydrogen (secondary N) is 1. The highest BCUT2D eigenvalue weighted by molar-refractivity contribution is 5.71. The summed E-state index contributed by atoms with van der Waals surface area (Å²) in [4.78, 5) is 0. The van der Waals surface area contributed by atoms with Crippen molar-refractivity contribution in [3.8, 4) is 22.3 Å². The number of benzene rings is 3. The number of hydrogen-bond donors (Lipinski definition) is 1. The van der Waals surface area contributed by atoms with Crippen molar-refractivity contribution in [2.75, 3.05) is 7.05 Å². The molecule has 0 aliphatic heterocycles. The summed E-state index contributed by atoms with van der Waals surface area (Å²) >= 11 is 0. The minimum atomic E-state index is -0.156. The first-order valence-electron chi connectivity index (χ1n) is 12.3. The van der Waals surface area contributed by atoms with Crippen LogP contribution in [0.15, 0.2) is 66.7 Å². The smallest absolute Gasteiger partial charge is 0.131 e. The van der Waals surface area contributed by atoms with Crippen LogP contribution in [0.1, 0.15) is 68.9 Å². The van der Waals surface area contributed by atoms with Crippen LogP contribution in [-0.2, 0) is 6.42 Å². The summed E-state index contributed by atoms with van der Waals surface area (Å²) in [5, 5.41) is 3.40. The third kappa shape index (κ3) is 5.48. The molecule has 1 saturated carbocycles. The van der Waals surface area contributed by atoms with E-state index in [-0.39, 0.29) is 5.82 Å². The minimum absolute atomic E-state index is 0.156. The molecule has 0 radical (unpaired) electrons. The molecule has 3 aromatic carbocycles. The van der Waals surface area contributed by atoms with E-state index in [2.05, 4.69) is 67.8 Å². The number of halogens is 1. The van der Waals surface area contributed by atoms with Crippen molar-refractivity contribution in [3.63, 3.8) is 0 Å². The lowest BCUT2D eigenvalue weighted by molar-refractivity contribution is 0.359. The van der Waals surface area contributed by atoms with Crippen LogP contribution in [0, 0.1) is 5.82 Å². The molecule has 1 nitrogen and oxygen atoms in total. The Hall–Kier alpha value is -2.45. The fourth-order valence-corrected chi connectivity index (χ4v) is 5.02. The van der Waals surface area contributed by atoms with Gasteiger partial charge in [0.05, 0.1) is 0 Å². The fourth-order valence-electron chi connectivity index (χ4n) is 5.02. The molecule has 1 aliphatic carbocycles. The first-order valence-corrected chi connectivity index (χ1v) is 12.3. The van der Waals surface area contributed by atoms with Crippen LogP contribution in [0.4, 0.5) is 4.39 Å². The maximum atomic E-state index is 15.0. The SMILES string of the molecule is CCCCCc1ccc(-c2ccc(-c3ccc(C4CCC(NC)CC4)cc3)c(F)c2)cc1. The monoisotopic (exact) mass is 429 g/mol. The molecule has 2 heteroatoms. The molecule has 168 valence electrons. The van der Waals surface area contributed by atoms with E-state index >= 15 is 4.39 Å². The standard InChI is InChI=1S/C30H36FN/c1-3-4-5-6-22-7-9-25(10-8-22)27-17-20-29(30(31)21-27)26-13-11-23(12-14-26)24-15-18-28(32-2)19-16-24/h7-14,17,20-21,24,28,32H,3-6,15-16,18-19H2,1-2H3.